The van der Waals surface area contributed by atoms with E-state index < -0.39 is 12.1 Å². The second-order valence-corrected chi connectivity index (χ2v) is 3.04. The number of hydrogen-bond acceptors (Lipinski definition) is 5. The van der Waals surface area contributed by atoms with Crippen LogP contribution in [0.15, 0.2) is 0 Å². The van der Waals surface area contributed by atoms with Crippen molar-refractivity contribution in [3.8, 4) is 0 Å². The van der Waals surface area contributed by atoms with Gasteiger partial charge in [-0.25, -0.2) is 0 Å². The van der Waals surface area contributed by atoms with Crippen molar-refractivity contribution in [3.63, 3.8) is 0 Å². The second-order valence-electron chi connectivity index (χ2n) is 3.04. The van der Waals surface area contributed by atoms with Crippen molar-refractivity contribution in [2.24, 2.45) is 0 Å². The Kier molecular flexibility index (Phi) is 3.52. The van der Waals surface area contributed by atoms with Crippen molar-refractivity contribution in [3.05, 3.63) is 5.82 Å². The van der Waals surface area contributed by atoms with Gasteiger partial charge in [-0.15, -0.1) is 10.2 Å². The summed E-state index contributed by atoms with van der Waals surface area (Å²) in [6.07, 6.45) is -0.901. The van der Waals surface area contributed by atoms with E-state index in [-0.39, 0.29) is 18.3 Å². The number of nitrogens with one attached hydrogen (secondary N) is 1. The van der Waals surface area contributed by atoms with Gasteiger partial charge in [0.25, 0.3) is 0 Å². The van der Waals surface area contributed by atoms with Gasteiger partial charge in [-0.05, 0) is 13.8 Å². The molecule has 0 aliphatic rings. The number of aliphatic carboxylic acids is 1. The van der Waals surface area contributed by atoms with Crippen LogP contribution in [-0.2, 0) is 9.53 Å². The zero-order valence-corrected chi connectivity index (χ0v) is 7.97. The maximum Gasteiger partial charge on any atom is 0.306 e. The molecule has 0 saturated carbocycles. The van der Waals surface area contributed by atoms with Crippen LogP contribution in [0.1, 0.15) is 32.2 Å². The number of carboxylic acids is 1. The van der Waals surface area contributed by atoms with Crippen LogP contribution in [0.2, 0.25) is 0 Å². The lowest BCUT2D eigenvalue weighted by atomic mass is 10.2. The Morgan fingerprint density at radius 1 is 1.64 bits per heavy atom. The highest BCUT2D eigenvalue weighted by Gasteiger charge is 2.21. The largest absolute Gasteiger partial charge is 0.481 e. The Hall–Kier alpha value is -1.50. The summed E-state index contributed by atoms with van der Waals surface area (Å²) in [7, 11) is 0. The lowest BCUT2D eigenvalue weighted by molar-refractivity contribution is -0.141. The first-order valence-corrected chi connectivity index (χ1v) is 4.20. The number of rotatable bonds is 5. The number of nitrogens with zero attached hydrogens (tertiary/aromatic N) is 3. The van der Waals surface area contributed by atoms with Crippen molar-refractivity contribution in [1.29, 1.82) is 0 Å². The molecule has 1 rings (SSSR count). The van der Waals surface area contributed by atoms with E-state index in [1.54, 1.807) is 0 Å². The van der Waals surface area contributed by atoms with Crippen molar-refractivity contribution in [2.45, 2.75) is 32.5 Å². The molecule has 0 fully saturated rings. The average molecular weight is 200 g/mol. The van der Waals surface area contributed by atoms with Crippen molar-refractivity contribution < 1.29 is 14.6 Å². The number of tetrazole rings is 1. The molecule has 7 heteroatoms. The second kappa shape index (κ2) is 4.66. The number of H-pyrrole nitrogens is 1. The van der Waals surface area contributed by atoms with Gasteiger partial charge in [-0.3, -0.25) is 4.79 Å². The lowest BCUT2D eigenvalue weighted by Gasteiger charge is -2.14. The molecule has 0 saturated heterocycles. The molecule has 0 bridgehead atoms. The minimum atomic E-state index is -0.958. The molecular formula is C7H12N4O3. The van der Waals surface area contributed by atoms with E-state index in [2.05, 4.69) is 20.6 Å². The standard InChI is InChI=1S/C7H12N4O3/c1-4(2)14-5(3-6(12)13)7-8-10-11-9-7/h4-5H,3H2,1-2H3,(H,12,13)(H,8,9,10,11). The maximum absolute atomic E-state index is 10.5. The summed E-state index contributed by atoms with van der Waals surface area (Å²) in [5, 5.41) is 21.6. The summed E-state index contributed by atoms with van der Waals surface area (Å²) in [5.41, 5.74) is 0. The first-order chi connectivity index (χ1) is 6.59. The maximum atomic E-state index is 10.5. The summed E-state index contributed by atoms with van der Waals surface area (Å²) >= 11 is 0. The highest BCUT2D eigenvalue weighted by molar-refractivity contribution is 5.67. The minimum Gasteiger partial charge on any atom is -0.481 e. The Morgan fingerprint density at radius 2 is 2.36 bits per heavy atom. The van der Waals surface area contributed by atoms with Crippen LogP contribution in [-0.4, -0.2) is 37.8 Å². The fraction of sp³-hybridized carbons (Fsp3) is 0.714. The van der Waals surface area contributed by atoms with E-state index in [0.29, 0.717) is 0 Å². The molecule has 7 nitrogen and oxygen atoms in total. The summed E-state index contributed by atoms with van der Waals surface area (Å²) in [6, 6.07) is 0. The van der Waals surface area contributed by atoms with Crippen LogP contribution in [0.4, 0.5) is 0 Å². The molecule has 0 aromatic carbocycles. The summed E-state index contributed by atoms with van der Waals surface area (Å²) in [6.45, 7) is 3.63. The molecule has 1 heterocycles. The van der Waals surface area contributed by atoms with Gasteiger partial charge in [-0.2, -0.15) is 5.21 Å². The van der Waals surface area contributed by atoms with Crippen LogP contribution in [0.3, 0.4) is 0 Å². The van der Waals surface area contributed by atoms with Gasteiger partial charge in [0.1, 0.15) is 6.10 Å². The van der Waals surface area contributed by atoms with E-state index in [1.165, 1.54) is 0 Å². The van der Waals surface area contributed by atoms with Crippen LogP contribution in [0, 0.1) is 0 Å². The molecular weight excluding hydrogens is 188 g/mol. The zero-order chi connectivity index (χ0) is 10.6. The van der Waals surface area contributed by atoms with E-state index in [1.807, 2.05) is 13.8 Å². The Labute approximate surface area is 80.5 Å². The number of carbonyl (C=O) groups is 1. The van der Waals surface area contributed by atoms with Gasteiger partial charge >= 0.3 is 5.97 Å². The van der Waals surface area contributed by atoms with Crippen LogP contribution < -0.4 is 0 Å². The fourth-order valence-electron chi connectivity index (χ4n) is 0.993. The highest BCUT2D eigenvalue weighted by Crippen LogP contribution is 2.18. The number of aromatic nitrogens is 4. The summed E-state index contributed by atoms with van der Waals surface area (Å²) in [5.74, 6) is -0.693. The van der Waals surface area contributed by atoms with Crippen molar-refractivity contribution in [1.82, 2.24) is 20.6 Å². The normalized spacial score (nSPS) is 13.1. The molecule has 0 spiro atoms. The van der Waals surface area contributed by atoms with Gasteiger partial charge in [-0.1, -0.05) is 5.21 Å². The van der Waals surface area contributed by atoms with Gasteiger partial charge in [0.2, 0.25) is 5.82 Å². The number of carboxylic acid groups (broad SMARTS) is 1. The van der Waals surface area contributed by atoms with Crippen LogP contribution in [0.25, 0.3) is 0 Å². The minimum absolute atomic E-state index is 0.0853. The van der Waals surface area contributed by atoms with Gasteiger partial charge in [0.05, 0.1) is 12.5 Å². The van der Waals surface area contributed by atoms with Gasteiger partial charge in [0.15, 0.2) is 0 Å². The average Bonchev–Trinajstić information content (AvgIpc) is 2.52. The lowest BCUT2D eigenvalue weighted by Crippen LogP contribution is -2.15. The topological polar surface area (TPSA) is 101 Å². The molecule has 0 radical (unpaired) electrons. The molecule has 2 N–H and O–H groups in total. The van der Waals surface area contributed by atoms with Crippen molar-refractivity contribution in [2.75, 3.05) is 0 Å². The molecule has 1 unspecified atom stereocenters. The Balaban J connectivity index is 2.67. The molecule has 1 atom stereocenters. The number of ether oxygens (including phenoxy) is 1. The monoisotopic (exact) mass is 200 g/mol. The summed E-state index contributed by atoms with van der Waals surface area (Å²) in [4.78, 5) is 10.5. The summed E-state index contributed by atoms with van der Waals surface area (Å²) < 4.78 is 5.34. The molecule has 0 aliphatic heterocycles. The van der Waals surface area contributed by atoms with E-state index in [0.717, 1.165) is 0 Å². The molecule has 14 heavy (non-hydrogen) atoms. The first-order valence-electron chi connectivity index (χ1n) is 4.20. The third-order valence-corrected chi connectivity index (χ3v) is 1.45. The molecule has 0 amide bonds. The third-order valence-electron chi connectivity index (χ3n) is 1.45. The van der Waals surface area contributed by atoms with Gasteiger partial charge < -0.3 is 9.84 Å². The predicted molar refractivity (Wildman–Crippen MR) is 45.4 cm³/mol. The fourth-order valence-corrected chi connectivity index (χ4v) is 0.993. The quantitative estimate of drug-likeness (QED) is 0.701. The first kappa shape index (κ1) is 10.6. The molecule has 1 aromatic heterocycles. The van der Waals surface area contributed by atoms with Crippen molar-refractivity contribution >= 4 is 5.97 Å². The van der Waals surface area contributed by atoms with E-state index >= 15 is 0 Å². The van der Waals surface area contributed by atoms with E-state index in [9.17, 15) is 4.79 Å². The predicted octanol–water partition coefficient (Wildman–Crippen LogP) is 0.140. The van der Waals surface area contributed by atoms with E-state index in [4.69, 9.17) is 9.84 Å². The Bertz CT molecular complexity index is 285. The molecule has 0 aliphatic carbocycles. The highest BCUT2D eigenvalue weighted by atomic mass is 16.5. The molecule has 1 aromatic rings. The third kappa shape index (κ3) is 3.09. The number of hydrogen-bond donors (Lipinski definition) is 2. The smallest absolute Gasteiger partial charge is 0.306 e. The van der Waals surface area contributed by atoms with Crippen LogP contribution in [0.5, 0.6) is 0 Å². The number of aromatic amines is 1. The zero-order valence-electron chi connectivity index (χ0n) is 7.97. The van der Waals surface area contributed by atoms with Crippen LogP contribution >= 0.6 is 0 Å². The van der Waals surface area contributed by atoms with Gasteiger partial charge in [0, 0.05) is 0 Å². The SMILES string of the molecule is CC(C)OC(CC(=O)O)c1nn[nH]n1. The molecule has 78 valence electrons. The Morgan fingerprint density at radius 3 is 2.79 bits per heavy atom.